The Labute approximate surface area is 162 Å². The first kappa shape index (κ1) is 18.2. The number of piperidine rings is 1. The van der Waals surface area contributed by atoms with Crippen LogP contribution in [-0.2, 0) is 0 Å². The molecule has 0 spiro atoms. The standard InChI is InChI=1S/C21H23N3O4/c1-27-17-3-2-15-10-19(23-18(15)11-17)20(25)22-12-14-4-7-24(8-5-14)21(26)16-6-9-28-13-16/h2-3,6,9-11,13-14,23H,4-5,7-8,12H2,1H3,(H,22,25). The molecule has 0 aliphatic carbocycles. The molecule has 3 heterocycles. The number of amides is 2. The number of rotatable bonds is 5. The van der Waals surface area contributed by atoms with Gasteiger partial charge in [0, 0.05) is 36.6 Å². The van der Waals surface area contributed by atoms with E-state index in [1.165, 1.54) is 12.5 Å². The highest BCUT2D eigenvalue weighted by Gasteiger charge is 2.24. The van der Waals surface area contributed by atoms with Gasteiger partial charge in [-0.15, -0.1) is 0 Å². The van der Waals surface area contributed by atoms with Crippen LogP contribution in [0.2, 0.25) is 0 Å². The Morgan fingerprint density at radius 1 is 1.25 bits per heavy atom. The first-order valence-corrected chi connectivity index (χ1v) is 9.40. The van der Waals surface area contributed by atoms with Crippen LogP contribution in [-0.4, -0.2) is 48.4 Å². The van der Waals surface area contributed by atoms with Crippen LogP contribution < -0.4 is 10.1 Å². The molecular weight excluding hydrogens is 358 g/mol. The third kappa shape index (κ3) is 3.74. The minimum absolute atomic E-state index is 0.00439. The fourth-order valence-corrected chi connectivity index (χ4v) is 3.60. The summed E-state index contributed by atoms with van der Waals surface area (Å²) >= 11 is 0. The van der Waals surface area contributed by atoms with Gasteiger partial charge >= 0.3 is 0 Å². The first-order chi connectivity index (χ1) is 13.6. The number of hydrogen-bond donors (Lipinski definition) is 2. The molecule has 7 nitrogen and oxygen atoms in total. The number of nitrogens with one attached hydrogen (secondary N) is 2. The predicted octanol–water partition coefficient (Wildman–Crippen LogP) is 3.05. The minimum Gasteiger partial charge on any atom is -0.497 e. The number of H-pyrrole nitrogens is 1. The van der Waals surface area contributed by atoms with Gasteiger partial charge in [0.1, 0.15) is 17.7 Å². The van der Waals surface area contributed by atoms with Crippen LogP contribution in [0.3, 0.4) is 0 Å². The van der Waals surface area contributed by atoms with E-state index in [9.17, 15) is 9.59 Å². The van der Waals surface area contributed by atoms with Gasteiger partial charge in [0.25, 0.3) is 11.8 Å². The van der Waals surface area contributed by atoms with Crippen molar-refractivity contribution in [3.63, 3.8) is 0 Å². The Morgan fingerprint density at radius 3 is 2.79 bits per heavy atom. The molecular formula is C21H23N3O4. The molecule has 2 amide bonds. The van der Waals surface area contributed by atoms with E-state index in [0.717, 1.165) is 29.5 Å². The summed E-state index contributed by atoms with van der Waals surface area (Å²) in [6.45, 7) is 1.98. The molecule has 0 unspecified atom stereocenters. The molecule has 0 radical (unpaired) electrons. The van der Waals surface area contributed by atoms with Gasteiger partial charge in [-0.25, -0.2) is 0 Å². The SMILES string of the molecule is COc1ccc2cc(C(=O)NCC3CCN(C(=O)c4ccoc4)CC3)[nH]c2c1. The molecule has 0 saturated carbocycles. The quantitative estimate of drug-likeness (QED) is 0.711. The monoisotopic (exact) mass is 381 g/mol. The summed E-state index contributed by atoms with van der Waals surface area (Å²) in [6, 6.07) is 9.20. The Hall–Kier alpha value is -3.22. The molecule has 1 fully saturated rings. The van der Waals surface area contributed by atoms with E-state index < -0.39 is 0 Å². The Kier molecular flexibility index (Phi) is 5.06. The number of ether oxygens (including phenoxy) is 1. The van der Waals surface area contributed by atoms with Gasteiger partial charge in [0.05, 0.1) is 18.9 Å². The predicted molar refractivity (Wildman–Crippen MR) is 105 cm³/mol. The lowest BCUT2D eigenvalue weighted by molar-refractivity contribution is 0.0683. The third-order valence-corrected chi connectivity index (χ3v) is 5.30. The van der Waals surface area contributed by atoms with Crippen molar-refractivity contribution in [2.45, 2.75) is 12.8 Å². The van der Waals surface area contributed by atoms with Gasteiger partial charge in [-0.2, -0.15) is 0 Å². The normalized spacial score (nSPS) is 15.0. The van der Waals surface area contributed by atoms with E-state index >= 15 is 0 Å². The van der Waals surface area contributed by atoms with Gasteiger partial charge in [-0.05, 0) is 43.0 Å². The number of benzene rings is 1. The van der Waals surface area contributed by atoms with E-state index in [2.05, 4.69) is 10.3 Å². The molecule has 0 atom stereocenters. The summed E-state index contributed by atoms with van der Waals surface area (Å²) < 4.78 is 10.2. The highest BCUT2D eigenvalue weighted by Crippen LogP contribution is 2.22. The fraction of sp³-hybridized carbons (Fsp3) is 0.333. The van der Waals surface area contributed by atoms with Crippen molar-refractivity contribution in [2.75, 3.05) is 26.7 Å². The second-order valence-corrected chi connectivity index (χ2v) is 7.09. The van der Waals surface area contributed by atoms with Crippen molar-refractivity contribution in [2.24, 2.45) is 5.92 Å². The molecule has 28 heavy (non-hydrogen) atoms. The van der Waals surface area contributed by atoms with E-state index in [1.54, 1.807) is 13.2 Å². The molecule has 1 aliphatic rings. The zero-order chi connectivity index (χ0) is 19.5. The van der Waals surface area contributed by atoms with E-state index in [-0.39, 0.29) is 11.8 Å². The summed E-state index contributed by atoms with van der Waals surface area (Å²) in [5.41, 5.74) is 1.99. The molecule has 2 aromatic heterocycles. The molecule has 7 heteroatoms. The lowest BCUT2D eigenvalue weighted by Crippen LogP contribution is -2.41. The second kappa shape index (κ2) is 7.80. The zero-order valence-corrected chi connectivity index (χ0v) is 15.7. The average Bonchev–Trinajstić information content (AvgIpc) is 3.41. The molecule has 4 rings (SSSR count). The maximum atomic E-state index is 12.5. The van der Waals surface area contributed by atoms with Crippen molar-refractivity contribution in [3.8, 4) is 5.75 Å². The lowest BCUT2D eigenvalue weighted by Gasteiger charge is -2.31. The fourth-order valence-electron chi connectivity index (χ4n) is 3.60. The van der Waals surface area contributed by atoms with Gasteiger partial charge < -0.3 is 24.4 Å². The Bertz CT molecular complexity index is 969. The van der Waals surface area contributed by atoms with Crippen LogP contribution in [0.1, 0.15) is 33.7 Å². The number of methoxy groups -OCH3 is 1. The lowest BCUT2D eigenvalue weighted by atomic mass is 9.96. The molecule has 146 valence electrons. The van der Waals surface area contributed by atoms with Gasteiger partial charge in [0.15, 0.2) is 0 Å². The van der Waals surface area contributed by atoms with Gasteiger partial charge in [-0.1, -0.05) is 0 Å². The highest BCUT2D eigenvalue weighted by molar-refractivity contribution is 5.98. The number of aromatic nitrogens is 1. The smallest absolute Gasteiger partial charge is 0.267 e. The number of carbonyl (C=O) groups excluding carboxylic acids is 2. The van der Waals surface area contributed by atoms with E-state index in [0.29, 0.717) is 36.8 Å². The largest absolute Gasteiger partial charge is 0.497 e. The van der Waals surface area contributed by atoms with Gasteiger partial charge in [0.2, 0.25) is 0 Å². The number of likely N-dealkylation sites (tertiary alicyclic amines) is 1. The van der Waals surface area contributed by atoms with Gasteiger partial charge in [-0.3, -0.25) is 9.59 Å². The molecule has 3 aromatic rings. The molecule has 1 aliphatic heterocycles. The number of fused-ring (bicyclic) bond motifs is 1. The van der Waals surface area contributed by atoms with Crippen molar-refractivity contribution in [1.82, 2.24) is 15.2 Å². The van der Waals surface area contributed by atoms with E-state index in [4.69, 9.17) is 9.15 Å². The average molecular weight is 381 g/mol. The summed E-state index contributed by atoms with van der Waals surface area (Å²) in [4.78, 5) is 29.8. The number of aromatic amines is 1. The topological polar surface area (TPSA) is 87.6 Å². The first-order valence-electron chi connectivity index (χ1n) is 9.40. The maximum Gasteiger partial charge on any atom is 0.267 e. The number of furan rings is 1. The Morgan fingerprint density at radius 2 is 2.07 bits per heavy atom. The minimum atomic E-state index is -0.118. The van der Waals surface area contributed by atoms with Crippen LogP contribution >= 0.6 is 0 Å². The molecule has 0 bridgehead atoms. The molecule has 2 N–H and O–H groups in total. The van der Waals surface area contributed by atoms with Crippen LogP contribution in [0, 0.1) is 5.92 Å². The third-order valence-electron chi connectivity index (χ3n) is 5.30. The van der Waals surface area contributed by atoms with Crippen molar-refractivity contribution < 1.29 is 18.7 Å². The van der Waals surface area contributed by atoms with Crippen LogP contribution in [0.4, 0.5) is 0 Å². The van der Waals surface area contributed by atoms with Crippen molar-refractivity contribution in [3.05, 3.63) is 54.1 Å². The maximum absolute atomic E-state index is 12.5. The van der Waals surface area contributed by atoms with Crippen molar-refractivity contribution in [1.29, 1.82) is 0 Å². The van der Waals surface area contributed by atoms with Crippen LogP contribution in [0.5, 0.6) is 5.75 Å². The zero-order valence-electron chi connectivity index (χ0n) is 15.7. The van der Waals surface area contributed by atoms with E-state index in [1.807, 2.05) is 29.2 Å². The molecule has 1 saturated heterocycles. The van der Waals surface area contributed by atoms with Crippen molar-refractivity contribution >= 4 is 22.7 Å². The summed E-state index contributed by atoms with van der Waals surface area (Å²) in [5.74, 6) is 0.997. The molecule has 1 aromatic carbocycles. The summed E-state index contributed by atoms with van der Waals surface area (Å²) in [6.07, 6.45) is 4.72. The van der Waals surface area contributed by atoms with Crippen LogP contribution in [0.25, 0.3) is 10.9 Å². The number of nitrogens with zero attached hydrogens (tertiary/aromatic N) is 1. The second-order valence-electron chi connectivity index (χ2n) is 7.09. The van der Waals surface area contributed by atoms with Crippen LogP contribution in [0.15, 0.2) is 47.3 Å². The number of carbonyl (C=O) groups is 2. The Balaban J connectivity index is 1.29. The number of hydrogen-bond acceptors (Lipinski definition) is 4. The highest BCUT2D eigenvalue weighted by atomic mass is 16.5. The summed E-state index contributed by atoms with van der Waals surface area (Å²) in [7, 11) is 1.62. The summed E-state index contributed by atoms with van der Waals surface area (Å²) in [5, 5.41) is 3.98.